The molecule has 0 N–H and O–H groups in total. The number of anilines is 1. The van der Waals surface area contributed by atoms with E-state index in [1.54, 1.807) is 0 Å². The Morgan fingerprint density at radius 2 is 2.40 bits per heavy atom. The number of rotatable bonds is 2. The molecular formula is C12H17BrN2. The second-order valence-corrected chi connectivity index (χ2v) is 4.84. The zero-order chi connectivity index (χ0) is 10.7. The number of piperidine rings is 1. The third-order valence-corrected chi connectivity index (χ3v) is 3.75. The zero-order valence-electron chi connectivity index (χ0n) is 9.12. The van der Waals surface area contributed by atoms with Gasteiger partial charge in [0.1, 0.15) is 5.82 Å². The van der Waals surface area contributed by atoms with E-state index in [1.165, 1.54) is 24.8 Å². The number of aryl methyl sites for hydroxylation is 1. The van der Waals surface area contributed by atoms with Gasteiger partial charge in [0.25, 0.3) is 0 Å². The Morgan fingerprint density at radius 3 is 3.13 bits per heavy atom. The maximum absolute atomic E-state index is 4.47. The van der Waals surface area contributed by atoms with Crippen LogP contribution in [0.3, 0.4) is 0 Å². The van der Waals surface area contributed by atoms with Crippen LogP contribution in [0.5, 0.6) is 0 Å². The molecule has 0 saturated carbocycles. The quantitative estimate of drug-likeness (QED) is 0.767. The minimum Gasteiger partial charge on any atom is -0.353 e. The summed E-state index contributed by atoms with van der Waals surface area (Å²) in [5.74, 6) is 1.14. The van der Waals surface area contributed by atoms with Crippen LogP contribution in [-0.4, -0.2) is 22.9 Å². The van der Waals surface area contributed by atoms with Crippen LogP contribution in [0.25, 0.3) is 0 Å². The van der Waals surface area contributed by atoms with E-state index in [4.69, 9.17) is 0 Å². The summed E-state index contributed by atoms with van der Waals surface area (Å²) in [5.41, 5.74) is 1.29. The number of nitrogens with zero attached hydrogens (tertiary/aromatic N) is 2. The lowest BCUT2D eigenvalue weighted by atomic mass is 10.0. The summed E-state index contributed by atoms with van der Waals surface area (Å²) in [6.07, 6.45) is 5.82. The van der Waals surface area contributed by atoms with Crippen LogP contribution in [-0.2, 0) is 0 Å². The van der Waals surface area contributed by atoms with Gasteiger partial charge in [0, 0.05) is 24.1 Å². The number of hydrogen-bond donors (Lipinski definition) is 0. The summed E-state index contributed by atoms with van der Waals surface area (Å²) in [6, 6.07) is 4.85. The molecule has 1 aromatic heterocycles. The predicted octanol–water partition coefficient (Wildman–Crippen LogP) is 3.14. The highest BCUT2D eigenvalue weighted by molar-refractivity contribution is 9.09. The summed E-state index contributed by atoms with van der Waals surface area (Å²) >= 11 is 3.60. The molecule has 1 aromatic rings. The van der Waals surface area contributed by atoms with Crippen molar-refractivity contribution in [1.29, 1.82) is 0 Å². The third-order valence-electron chi connectivity index (χ3n) is 3.00. The molecule has 82 valence electrons. The van der Waals surface area contributed by atoms with Gasteiger partial charge in [0.05, 0.1) is 0 Å². The van der Waals surface area contributed by atoms with Crippen molar-refractivity contribution in [3.63, 3.8) is 0 Å². The van der Waals surface area contributed by atoms with Gasteiger partial charge in [-0.25, -0.2) is 4.98 Å². The normalized spacial score (nSPS) is 21.7. The van der Waals surface area contributed by atoms with E-state index in [-0.39, 0.29) is 0 Å². The van der Waals surface area contributed by atoms with Gasteiger partial charge in [0.15, 0.2) is 0 Å². The number of pyridine rings is 1. The van der Waals surface area contributed by atoms with Gasteiger partial charge < -0.3 is 4.90 Å². The molecule has 1 atom stereocenters. The second kappa shape index (κ2) is 4.97. The Bertz CT molecular complexity index is 327. The summed E-state index contributed by atoms with van der Waals surface area (Å²) in [7, 11) is 0. The summed E-state index contributed by atoms with van der Waals surface area (Å²) in [5, 5.41) is 1.04. The Labute approximate surface area is 99.8 Å². The highest BCUT2D eigenvalue weighted by Gasteiger charge is 2.22. The molecule has 0 amide bonds. The van der Waals surface area contributed by atoms with Gasteiger partial charge in [-0.3, -0.25) is 0 Å². The molecule has 2 heterocycles. The molecule has 3 heteroatoms. The standard InChI is InChI=1S/C12H17BrN2/c1-10-5-6-14-12(8-10)15-7-3-2-4-11(15)9-13/h5-6,8,11H,2-4,7,9H2,1H3. The molecule has 0 radical (unpaired) electrons. The molecular weight excluding hydrogens is 252 g/mol. The van der Waals surface area contributed by atoms with E-state index >= 15 is 0 Å². The van der Waals surface area contributed by atoms with Gasteiger partial charge >= 0.3 is 0 Å². The Balaban J connectivity index is 2.20. The van der Waals surface area contributed by atoms with E-state index < -0.39 is 0 Å². The van der Waals surface area contributed by atoms with Crippen molar-refractivity contribution in [3.05, 3.63) is 23.9 Å². The van der Waals surface area contributed by atoms with E-state index in [9.17, 15) is 0 Å². The molecule has 1 aliphatic rings. The van der Waals surface area contributed by atoms with Crippen molar-refractivity contribution in [2.24, 2.45) is 0 Å². The fourth-order valence-corrected chi connectivity index (χ4v) is 2.81. The number of aromatic nitrogens is 1. The first-order valence-electron chi connectivity index (χ1n) is 5.56. The Morgan fingerprint density at radius 1 is 1.53 bits per heavy atom. The number of alkyl halides is 1. The Kier molecular flexibility index (Phi) is 3.62. The second-order valence-electron chi connectivity index (χ2n) is 4.19. The van der Waals surface area contributed by atoms with E-state index in [1.807, 2.05) is 6.20 Å². The first-order chi connectivity index (χ1) is 7.31. The fraction of sp³-hybridized carbons (Fsp3) is 0.583. The average molecular weight is 269 g/mol. The molecule has 1 aliphatic heterocycles. The van der Waals surface area contributed by atoms with Crippen LogP contribution >= 0.6 is 15.9 Å². The topological polar surface area (TPSA) is 16.1 Å². The van der Waals surface area contributed by atoms with Crippen LogP contribution < -0.4 is 4.90 Å². The molecule has 1 fully saturated rings. The predicted molar refractivity (Wildman–Crippen MR) is 67.8 cm³/mol. The highest BCUT2D eigenvalue weighted by atomic mass is 79.9. The van der Waals surface area contributed by atoms with Crippen molar-refractivity contribution >= 4 is 21.7 Å². The largest absolute Gasteiger partial charge is 0.353 e. The van der Waals surface area contributed by atoms with Crippen LogP contribution in [0.2, 0.25) is 0 Å². The first-order valence-corrected chi connectivity index (χ1v) is 6.68. The maximum atomic E-state index is 4.47. The molecule has 0 aromatic carbocycles. The molecule has 1 saturated heterocycles. The fourth-order valence-electron chi connectivity index (χ4n) is 2.14. The maximum Gasteiger partial charge on any atom is 0.129 e. The summed E-state index contributed by atoms with van der Waals surface area (Å²) < 4.78 is 0. The minimum atomic E-state index is 0.619. The van der Waals surface area contributed by atoms with Gasteiger partial charge in [-0.15, -0.1) is 0 Å². The van der Waals surface area contributed by atoms with Crippen LogP contribution in [0.15, 0.2) is 18.3 Å². The highest BCUT2D eigenvalue weighted by Crippen LogP contribution is 2.24. The minimum absolute atomic E-state index is 0.619. The number of hydrogen-bond acceptors (Lipinski definition) is 2. The van der Waals surface area contributed by atoms with Crippen LogP contribution in [0, 0.1) is 6.92 Å². The molecule has 15 heavy (non-hydrogen) atoms. The Hall–Kier alpha value is -0.570. The zero-order valence-corrected chi connectivity index (χ0v) is 10.7. The lowest BCUT2D eigenvalue weighted by Crippen LogP contribution is -2.41. The van der Waals surface area contributed by atoms with Crippen molar-refractivity contribution in [1.82, 2.24) is 4.98 Å². The van der Waals surface area contributed by atoms with Crippen molar-refractivity contribution < 1.29 is 0 Å². The molecule has 0 aliphatic carbocycles. The van der Waals surface area contributed by atoms with Gasteiger partial charge in [-0.2, -0.15) is 0 Å². The van der Waals surface area contributed by atoms with Crippen LogP contribution in [0.1, 0.15) is 24.8 Å². The van der Waals surface area contributed by atoms with Crippen LogP contribution in [0.4, 0.5) is 5.82 Å². The van der Waals surface area contributed by atoms with Crippen molar-refractivity contribution in [2.75, 3.05) is 16.8 Å². The van der Waals surface area contributed by atoms with Gasteiger partial charge in [-0.05, 0) is 43.9 Å². The first kappa shape index (κ1) is 10.9. The van der Waals surface area contributed by atoms with Gasteiger partial charge in [-0.1, -0.05) is 15.9 Å². The van der Waals surface area contributed by atoms with E-state index in [2.05, 4.69) is 44.9 Å². The lowest BCUT2D eigenvalue weighted by Gasteiger charge is -2.35. The lowest BCUT2D eigenvalue weighted by molar-refractivity contribution is 0.487. The third kappa shape index (κ3) is 2.51. The van der Waals surface area contributed by atoms with E-state index in [0.29, 0.717) is 6.04 Å². The summed E-state index contributed by atoms with van der Waals surface area (Å²) in [6.45, 7) is 3.27. The SMILES string of the molecule is Cc1ccnc(N2CCCCC2CBr)c1. The molecule has 1 unspecified atom stereocenters. The molecule has 0 spiro atoms. The van der Waals surface area contributed by atoms with E-state index in [0.717, 1.165) is 17.7 Å². The van der Waals surface area contributed by atoms with Crippen molar-refractivity contribution in [3.8, 4) is 0 Å². The average Bonchev–Trinajstić information content (AvgIpc) is 2.29. The smallest absolute Gasteiger partial charge is 0.129 e. The number of halogens is 1. The van der Waals surface area contributed by atoms with Crippen molar-refractivity contribution in [2.45, 2.75) is 32.2 Å². The summed E-state index contributed by atoms with van der Waals surface area (Å²) in [4.78, 5) is 6.90. The molecule has 2 nitrogen and oxygen atoms in total. The molecule has 2 rings (SSSR count). The molecule has 0 bridgehead atoms. The van der Waals surface area contributed by atoms with Gasteiger partial charge in [0.2, 0.25) is 0 Å². The monoisotopic (exact) mass is 268 g/mol.